The van der Waals surface area contributed by atoms with Crippen LogP contribution in [0.15, 0.2) is 24.3 Å². The predicted octanol–water partition coefficient (Wildman–Crippen LogP) is 2.86. The number of methoxy groups -OCH3 is 1. The number of benzene rings is 1. The van der Waals surface area contributed by atoms with E-state index in [4.69, 9.17) is 10.00 Å². The average Bonchev–Trinajstić information content (AvgIpc) is 2.17. The van der Waals surface area contributed by atoms with E-state index in [0.29, 0.717) is 0 Å². The maximum atomic E-state index is 12.4. The summed E-state index contributed by atoms with van der Waals surface area (Å²) in [6.45, 7) is 0. The van der Waals surface area contributed by atoms with Gasteiger partial charge in [0.05, 0.1) is 13.2 Å². The Morgan fingerprint density at radius 2 is 1.93 bits per heavy atom. The largest absolute Gasteiger partial charge is 0.496 e. The van der Waals surface area contributed by atoms with E-state index >= 15 is 0 Å². The minimum atomic E-state index is -4.58. The summed E-state index contributed by atoms with van der Waals surface area (Å²) in [5, 5.41) is 8.51. The summed E-state index contributed by atoms with van der Waals surface area (Å²) in [5.74, 6) is -2.07. The van der Waals surface area contributed by atoms with Crippen molar-refractivity contribution in [3.8, 4) is 11.8 Å². The van der Waals surface area contributed by atoms with Crippen LogP contribution in [-0.4, -0.2) is 13.3 Å². The fourth-order valence-corrected chi connectivity index (χ4v) is 1.22. The van der Waals surface area contributed by atoms with Crippen LogP contribution in [0.1, 0.15) is 11.5 Å². The maximum absolute atomic E-state index is 12.4. The summed E-state index contributed by atoms with van der Waals surface area (Å²) in [4.78, 5) is 0. The van der Waals surface area contributed by atoms with Gasteiger partial charge in [0, 0.05) is 5.56 Å². The zero-order valence-electron chi connectivity index (χ0n) is 7.88. The normalized spacial score (nSPS) is 13.0. The second-order valence-electron chi connectivity index (χ2n) is 2.85. The molecule has 0 aliphatic heterocycles. The summed E-state index contributed by atoms with van der Waals surface area (Å²) < 4.78 is 42.1. The first-order valence-corrected chi connectivity index (χ1v) is 4.10. The van der Waals surface area contributed by atoms with Gasteiger partial charge in [-0.25, -0.2) is 0 Å². The molecule has 2 nitrogen and oxygen atoms in total. The third-order valence-electron chi connectivity index (χ3n) is 1.91. The molecule has 0 aromatic heterocycles. The molecule has 0 fully saturated rings. The Morgan fingerprint density at radius 1 is 1.33 bits per heavy atom. The molecule has 1 aromatic rings. The highest BCUT2D eigenvalue weighted by molar-refractivity contribution is 5.40. The number of nitriles is 1. The number of nitrogens with zero attached hydrogens (tertiary/aromatic N) is 1. The molecule has 0 radical (unpaired) electrons. The molecule has 1 unspecified atom stereocenters. The van der Waals surface area contributed by atoms with E-state index < -0.39 is 12.1 Å². The van der Waals surface area contributed by atoms with E-state index in [0.717, 1.165) is 0 Å². The zero-order valence-corrected chi connectivity index (χ0v) is 7.88. The van der Waals surface area contributed by atoms with E-state index in [1.165, 1.54) is 31.4 Å². The van der Waals surface area contributed by atoms with Crippen LogP contribution in [0, 0.1) is 11.3 Å². The monoisotopic (exact) mass is 215 g/mol. The van der Waals surface area contributed by atoms with Gasteiger partial charge in [-0.15, -0.1) is 0 Å². The number of para-hydroxylation sites is 1. The lowest BCUT2D eigenvalue weighted by atomic mass is 9.99. The minimum absolute atomic E-state index is 0.0707. The molecule has 1 atom stereocenters. The van der Waals surface area contributed by atoms with Crippen LogP contribution < -0.4 is 4.74 Å². The molecular formula is C10H8F3NO. The molecule has 1 aromatic carbocycles. The van der Waals surface area contributed by atoms with Crippen molar-refractivity contribution in [3.63, 3.8) is 0 Å². The van der Waals surface area contributed by atoms with Gasteiger partial charge in [-0.05, 0) is 6.07 Å². The fourth-order valence-electron chi connectivity index (χ4n) is 1.22. The first kappa shape index (κ1) is 11.4. The van der Waals surface area contributed by atoms with Gasteiger partial charge >= 0.3 is 6.18 Å². The number of ether oxygens (including phenoxy) is 1. The molecule has 15 heavy (non-hydrogen) atoms. The summed E-state index contributed by atoms with van der Waals surface area (Å²) >= 11 is 0. The van der Waals surface area contributed by atoms with Gasteiger partial charge in [0.1, 0.15) is 5.75 Å². The smallest absolute Gasteiger partial charge is 0.408 e. The zero-order chi connectivity index (χ0) is 11.5. The molecule has 0 spiro atoms. The van der Waals surface area contributed by atoms with Gasteiger partial charge in [-0.2, -0.15) is 18.4 Å². The van der Waals surface area contributed by atoms with Crippen LogP contribution in [0.2, 0.25) is 0 Å². The van der Waals surface area contributed by atoms with Crippen LogP contribution in [0.5, 0.6) is 5.75 Å². The van der Waals surface area contributed by atoms with Crippen molar-refractivity contribution < 1.29 is 17.9 Å². The molecule has 5 heteroatoms. The van der Waals surface area contributed by atoms with Gasteiger partial charge in [-0.1, -0.05) is 18.2 Å². The van der Waals surface area contributed by atoms with Crippen molar-refractivity contribution in [2.75, 3.05) is 7.11 Å². The standard InChI is InChI=1S/C10H8F3NO/c1-15-9-5-3-2-4-7(9)8(6-14)10(11,12)13/h2-5,8H,1H3. The van der Waals surface area contributed by atoms with Crippen molar-refractivity contribution in [2.45, 2.75) is 12.1 Å². The lowest BCUT2D eigenvalue weighted by Crippen LogP contribution is -2.19. The molecule has 0 saturated carbocycles. The molecule has 0 N–H and O–H groups in total. The van der Waals surface area contributed by atoms with Crippen LogP contribution >= 0.6 is 0 Å². The molecular weight excluding hydrogens is 207 g/mol. The van der Waals surface area contributed by atoms with Crippen LogP contribution in [0.3, 0.4) is 0 Å². The van der Waals surface area contributed by atoms with Gasteiger partial charge in [0.25, 0.3) is 0 Å². The second-order valence-corrected chi connectivity index (χ2v) is 2.85. The van der Waals surface area contributed by atoms with Crippen molar-refractivity contribution in [2.24, 2.45) is 0 Å². The van der Waals surface area contributed by atoms with Crippen molar-refractivity contribution >= 4 is 0 Å². The minimum Gasteiger partial charge on any atom is -0.496 e. The summed E-state index contributed by atoms with van der Waals surface area (Å²) in [6.07, 6.45) is -4.58. The number of hydrogen-bond acceptors (Lipinski definition) is 2. The Hall–Kier alpha value is -1.70. The van der Waals surface area contributed by atoms with Gasteiger partial charge in [-0.3, -0.25) is 0 Å². The lowest BCUT2D eigenvalue weighted by molar-refractivity contribution is -0.138. The molecule has 80 valence electrons. The summed E-state index contributed by atoms with van der Waals surface area (Å²) in [7, 11) is 1.27. The van der Waals surface area contributed by atoms with E-state index in [1.54, 1.807) is 6.07 Å². The molecule has 0 heterocycles. The first-order valence-electron chi connectivity index (χ1n) is 4.10. The average molecular weight is 215 g/mol. The lowest BCUT2D eigenvalue weighted by Gasteiger charge is -2.16. The third kappa shape index (κ3) is 2.40. The number of hydrogen-bond donors (Lipinski definition) is 0. The Balaban J connectivity index is 3.20. The quantitative estimate of drug-likeness (QED) is 0.759. The SMILES string of the molecule is COc1ccccc1C(C#N)C(F)(F)F. The number of alkyl halides is 3. The van der Waals surface area contributed by atoms with Crippen molar-refractivity contribution in [1.82, 2.24) is 0 Å². The van der Waals surface area contributed by atoms with Crippen LogP contribution in [-0.2, 0) is 0 Å². The topological polar surface area (TPSA) is 33.0 Å². The van der Waals surface area contributed by atoms with E-state index in [-0.39, 0.29) is 11.3 Å². The van der Waals surface area contributed by atoms with Crippen LogP contribution in [0.25, 0.3) is 0 Å². The first-order chi connectivity index (χ1) is 7.00. The molecule has 0 aliphatic rings. The predicted molar refractivity (Wildman–Crippen MR) is 47.4 cm³/mol. The van der Waals surface area contributed by atoms with E-state index in [1.807, 2.05) is 0 Å². The van der Waals surface area contributed by atoms with Gasteiger partial charge in [0.2, 0.25) is 0 Å². The van der Waals surface area contributed by atoms with Gasteiger partial charge < -0.3 is 4.74 Å². The number of rotatable bonds is 2. The summed E-state index contributed by atoms with van der Waals surface area (Å²) in [6, 6.07) is 6.85. The molecule has 1 rings (SSSR count). The second kappa shape index (κ2) is 4.22. The van der Waals surface area contributed by atoms with E-state index in [2.05, 4.69) is 0 Å². The Morgan fingerprint density at radius 3 is 2.40 bits per heavy atom. The Bertz CT molecular complexity index is 381. The number of halogens is 3. The highest BCUT2D eigenvalue weighted by atomic mass is 19.4. The molecule has 0 bridgehead atoms. The molecule has 0 aliphatic carbocycles. The van der Waals surface area contributed by atoms with Gasteiger partial charge in [0.15, 0.2) is 5.92 Å². The molecule has 0 amide bonds. The Kier molecular flexibility index (Phi) is 3.20. The fraction of sp³-hybridized carbons (Fsp3) is 0.300. The van der Waals surface area contributed by atoms with Crippen LogP contribution in [0.4, 0.5) is 13.2 Å². The van der Waals surface area contributed by atoms with Crippen molar-refractivity contribution in [1.29, 1.82) is 5.26 Å². The van der Waals surface area contributed by atoms with Crippen molar-refractivity contribution in [3.05, 3.63) is 29.8 Å². The molecule has 0 saturated heterocycles. The highest BCUT2D eigenvalue weighted by Crippen LogP contribution is 2.38. The summed E-state index contributed by atoms with van der Waals surface area (Å²) in [5.41, 5.74) is -0.157. The third-order valence-corrected chi connectivity index (χ3v) is 1.91. The Labute approximate surface area is 84.9 Å². The van der Waals surface area contributed by atoms with E-state index in [9.17, 15) is 13.2 Å². The highest BCUT2D eigenvalue weighted by Gasteiger charge is 2.42. The maximum Gasteiger partial charge on any atom is 0.408 e.